The molecule has 0 radical (unpaired) electrons. The van der Waals surface area contributed by atoms with E-state index in [1.165, 1.54) is 0 Å². The Morgan fingerprint density at radius 3 is 1.76 bits per heavy atom. The van der Waals surface area contributed by atoms with Crippen molar-refractivity contribution in [2.75, 3.05) is 42.0 Å². The van der Waals surface area contributed by atoms with Gasteiger partial charge in [-0.3, -0.25) is 0 Å². The van der Waals surface area contributed by atoms with Crippen LogP contribution in [0.5, 0.6) is 0 Å². The Labute approximate surface area is 112 Å². The smallest absolute Gasteiger partial charge is 0.500 e. The molecule has 0 amide bonds. The molecule has 0 rings (SSSR count). The molecule has 7 heteroatoms. The Morgan fingerprint density at radius 2 is 1.41 bits per heavy atom. The summed E-state index contributed by atoms with van der Waals surface area (Å²) in [6.07, 6.45) is 3.04. The minimum atomic E-state index is -2.38. The molecular formula is C10H26ClNO4Si. The molecule has 5 nitrogen and oxygen atoms in total. The Balaban J connectivity index is 0. The molecule has 0 aromatic rings. The summed E-state index contributed by atoms with van der Waals surface area (Å²) in [6.45, 7) is 0.765. The topological polar surface area (TPSA) is 47.9 Å². The zero-order chi connectivity index (χ0) is 12.7. The number of hydrogen-bond acceptors (Lipinski definition) is 4. The van der Waals surface area contributed by atoms with Crippen molar-refractivity contribution in [1.82, 2.24) is 0 Å². The van der Waals surface area contributed by atoms with Crippen molar-refractivity contribution in [3.8, 4) is 0 Å². The second kappa shape index (κ2) is 9.27. The third-order valence-corrected chi connectivity index (χ3v) is 5.45. The highest BCUT2D eigenvalue weighted by molar-refractivity contribution is 6.60. The van der Waals surface area contributed by atoms with Crippen LogP contribution in [0.3, 0.4) is 0 Å². The summed E-state index contributed by atoms with van der Waals surface area (Å²) >= 11 is 0. The van der Waals surface area contributed by atoms with Crippen molar-refractivity contribution >= 4 is 8.80 Å². The average Bonchev–Trinajstić information content (AvgIpc) is 2.23. The molecule has 0 atom stereocenters. The Kier molecular flexibility index (Phi) is 10.7. The van der Waals surface area contributed by atoms with Gasteiger partial charge in [-0.1, -0.05) is 0 Å². The lowest BCUT2D eigenvalue weighted by Crippen LogP contribution is -3.00. The molecule has 0 saturated heterocycles. The van der Waals surface area contributed by atoms with E-state index in [1.54, 1.807) is 35.4 Å². The lowest BCUT2D eigenvalue weighted by atomic mass is 10.2. The first-order chi connectivity index (χ1) is 7.39. The van der Waals surface area contributed by atoms with Crippen LogP contribution in [0.4, 0.5) is 0 Å². The van der Waals surface area contributed by atoms with Crippen LogP contribution in [0, 0.1) is 0 Å². The highest BCUT2D eigenvalue weighted by Gasteiger charge is 2.36. The fraction of sp³-hybridized carbons (Fsp3) is 1.00. The van der Waals surface area contributed by atoms with Crippen molar-refractivity contribution in [2.45, 2.75) is 25.3 Å². The van der Waals surface area contributed by atoms with Gasteiger partial charge >= 0.3 is 8.80 Å². The van der Waals surface area contributed by atoms with Gasteiger partial charge in [-0.25, -0.2) is 5.21 Å². The molecule has 0 aliphatic carbocycles. The summed E-state index contributed by atoms with van der Waals surface area (Å²) in [5.41, 5.74) is 0. The van der Waals surface area contributed by atoms with E-state index in [1.807, 2.05) is 0 Å². The maximum atomic E-state index is 9.49. The molecule has 0 aliphatic heterocycles. The second-order valence-electron chi connectivity index (χ2n) is 4.45. The second-order valence-corrected chi connectivity index (χ2v) is 7.54. The minimum absolute atomic E-state index is 0. The van der Waals surface area contributed by atoms with Crippen LogP contribution in [0.2, 0.25) is 6.04 Å². The maximum Gasteiger partial charge on any atom is 0.500 e. The molecule has 0 unspecified atom stereocenters. The number of quaternary nitrogens is 1. The van der Waals surface area contributed by atoms with Gasteiger partial charge in [0.05, 0.1) is 14.1 Å². The molecule has 0 fully saturated rings. The molecule has 0 aliphatic rings. The fourth-order valence-electron chi connectivity index (χ4n) is 1.57. The predicted molar refractivity (Wildman–Crippen MR) is 64.2 cm³/mol. The normalized spacial score (nSPS) is 12.4. The first kappa shape index (κ1) is 19.6. The Morgan fingerprint density at radius 1 is 0.941 bits per heavy atom. The first-order valence-electron chi connectivity index (χ1n) is 5.60. The van der Waals surface area contributed by atoms with Crippen LogP contribution in [0.1, 0.15) is 19.3 Å². The molecule has 0 aromatic heterocycles. The van der Waals surface area contributed by atoms with Crippen LogP contribution in [-0.2, 0) is 13.3 Å². The van der Waals surface area contributed by atoms with E-state index >= 15 is 0 Å². The summed E-state index contributed by atoms with van der Waals surface area (Å²) in [5, 5.41) is 9.49. The van der Waals surface area contributed by atoms with Gasteiger partial charge in [-0.05, 0) is 19.3 Å². The summed E-state index contributed by atoms with van der Waals surface area (Å²) < 4.78 is 16.0. The minimum Gasteiger partial charge on any atom is -1.00 e. The van der Waals surface area contributed by atoms with Crippen molar-refractivity contribution in [1.29, 1.82) is 0 Å². The van der Waals surface area contributed by atoms with E-state index in [0.29, 0.717) is 0 Å². The van der Waals surface area contributed by atoms with Crippen LogP contribution in [0.15, 0.2) is 0 Å². The van der Waals surface area contributed by atoms with E-state index < -0.39 is 8.80 Å². The van der Waals surface area contributed by atoms with E-state index in [9.17, 15) is 5.21 Å². The van der Waals surface area contributed by atoms with E-state index in [2.05, 4.69) is 0 Å². The Hall–Kier alpha value is 0.307. The van der Waals surface area contributed by atoms with Gasteiger partial charge in [0.2, 0.25) is 0 Å². The molecule has 0 aromatic carbocycles. The SMILES string of the molecule is CO[Si](CCCCC[N+](C)(C)O)(OC)OC.[Cl-]. The zero-order valence-electron chi connectivity index (χ0n) is 11.5. The highest BCUT2D eigenvalue weighted by atomic mass is 35.5. The third-order valence-electron chi connectivity index (χ3n) is 2.62. The van der Waals surface area contributed by atoms with Gasteiger partial charge in [0.25, 0.3) is 0 Å². The van der Waals surface area contributed by atoms with Crippen LogP contribution >= 0.6 is 0 Å². The summed E-state index contributed by atoms with van der Waals surface area (Å²) in [6, 6.07) is 0.829. The fourth-order valence-corrected chi connectivity index (χ4v) is 3.37. The van der Waals surface area contributed by atoms with E-state index in [-0.39, 0.29) is 17.1 Å². The van der Waals surface area contributed by atoms with Crippen molar-refractivity contribution < 1.29 is 35.5 Å². The summed E-state index contributed by atoms with van der Waals surface area (Å²) in [7, 11) is 6.07. The van der Waals surface area contributed by atoms with Gasteiger partial charge in [0, 0.05) is 27.4 Å². The van der Waals surface area contributed by atoms with Gasteiger partial charge < -0.3 is 25.7 Å². The monoisotopic (exact) mass is 287 g/mol. The molecule has 106 valence electrons. The lowest BCUT2D eigenvalue weighted by Gasteiger charge is -2.24. The van der Waals surface area contributed by atoms with Crippen molar-refractivity contribution in [2.24, 2.45) is 0 Å². The number of rotatable bonds is 9. The van der Waals surface area contributed by atoms with Crippen LogP contribution < -0.4 is 12.4 Å². The molecule has 1 N–H and O–H groups in total. The van der Waals surface area contributed by atoms with Crippen LogP contribution in [0.25, 0.3) is 0 Å². The van der Waals surface area contributed by atoms with Gasteiger partial charge in [0.15, 0.2) is 0 Å². The van der Waals surface area contributed by atoms with Crippen molar-refractivity contribution in [3.63, 3.8) is 0 Å². The third kappa shape index (κ3) is 8.95. The summed E-state index contributed by atoms with van der Waals surface area (Å²) in [5.74, 6) is 0. The lowest BCUT2D eigenvalue weighted by molar-refractivity contribution is -1.07. The average molecular weight is 288 g/mol. The standard InChI is InChI=1S/C10H26NO4Si.ClH/c1-11(2,12)9-7-6-8-10-16(13-3,14-4)15-5;/h12H,6-10H2,1-5H3;1H/q+1;/p-1. The molecule has 17 heavy (non-hydrogen) atoms. The highest BCUT2D eigenvalue weighted by Crippen LogP contribution is 2.17. The largest absolute Gasteiger partial charge is 1.00 e. The zero-order valence-corrected chi connectivity index (χ0v) is 13.3. The molecule has 0 saturated carbocycles. The maximum absolute atomic E-state index is 9.49. The number of halogens is 1. The number of hydrogen-bond donors (Lipinski definition) is 1. The molecule has 0 spiro atoms. The van der Waals surface area contributed by atoms with Crippen molar-refractivity contribution in [3.05, 3.63) is 0 Å². The summed E-state index contributed by atoms with van der Waals surface area (Å²) in [4.78, 5) is 0. The van der Waals surface area contributed by atoms with Gasteiger partial charge in [-0.2, -0.15) is 4.65 Å². The molecule has 0 bridgehead atoms. The molecular weight excluding hydrogens is 262 g/mol. The Bertz CT molecular complexity index is 177. The number of hydroxylamine groups is 3. The van der Waals surface area contributed by atoms with Gasteiger partial charge in [-0.15, -0.1) is 0 Å². The first-order valence-corrected chi connectivity index (χ1v) is 7.53. The number of unbranched alkanes of at least 4 members (excludes halogenated alkanes) is 2. The van der Waals surface area contributed by atoms with Gasteiger partial charge in [0.1, 0.15) is 6.54 Å². The van der Waals surface area contributed by atoms with E-state index in [4.69, 9.17) is 13.3 Å². The molecule has 0 heterocycles. The predicted octanol–water partition coefficient (Wildman–Crippen LogP) is -1.50. The quantitative estimate of drug-likeness (QED) is 0.243. The van der Waals surface area contributed by atoms with E-state index in [0.717, 1.165) is 31.9 Å². The van der Waals surface area contributed by atoms with Crippen LogP contribution in [-0.4, -0.2) is 60.6 Å². The number of nitrogens with zero attached hydrogens (tertiary/aromatic N) is 1.